The number of nitrogens with zero attached hydrogens (tertiary/aromatic N) is 1. The number of amides is 1. The van der Waals surface area contributed by atoms with Crippen molar-refractivity contribution in [2.45, 2.75) is 51.9 Å². The van der Waals surface area contributed by atoms with Crippen LogP contribution in [0, 0.1) is 30.1 Å². The standard InChI is InChI=1S/C23H27N3OS/c1-14-5-6-18-3-2-4-19(21(18)24-14)25-22(28)26-20(27)13-23-10-15-7-16(11-23)9-17(8-15)12-23/h2-6,15-17H,7-13H2,1H3,(H2,25,26,27,28). The Kier molecular flexibility index (Phi) is 4.38. The topological polar surface area (TPSA) is 54.0 Å². The number of para-hydroxylation sites is 1. The molecule has 0 atom stereocenters. The van der Waals surface area contributed by atoms with Gasteiger partial charge < -0.3 is 10.6 Å². The zero-order valence-electron chi connectivity index (χ0n) is 16.3. The summed E-state index contributed by atoms with van der Waals surface area (Å²) < 4.78 is 0. The molecule has 6 rings (SSSR count). The minimum Gasteiger partial charge on any atom is -0.331 e. The molecule has 1 amide bonds. The van der Waals surface area contributed by atoms with Crippen LogP contribution in [0.15, 0.2) is 30.3 Å². The quantitative estimate of drug-likeness (QED) is 0.724. The lowest BCUT2D eigenvalue weighted by molar-refractivity contribution is -0.127. The smallest absolute Gasteiger partial charge is 0.226 e. The predicted octanol–water partition coefficient (Wildman–Crippen LogP) is 4.96. The minimum absolute atomic E-state index is 0.0591. The summed E-state index contributed by atoms with van der Waals surface area (Å²) in [5, 5.41) is 7.54. The van der Waals surface area contributed by atoms with Crippen LogP contribution in [0.1, 0.15) is 50.6 Å². The van der Waals surface area contributed by atoms with Gasteiger partial charge in [-0.1, -0.05) is 18.2 Å². The second-order valence-corrected chi connectivity index (χ2v) is 9.83. The number of fused-ring (bicyclic) bond motifs is 1. The third-order valence-corrected chi connectivity index (χ3v) is 7.27. The number of pyridine rings is 1. The first-order valence-electron chi connectivity index (χ1n) is 10.5. The highest BCUT2D eigenvalue weighted by Gasteiger charge is 2.51. The van der Waals surface area contributed by atoms with E-state index >= 15 is 0 Å². The molecule has 146 valence electrons. The molecule has 4 saturated carbocycles. The van der Waals surface area contributed by atoms with E-state index in [1.807, 2.05) is 31.2 Å². The van der Waals surface area contributed by atoms with Crippen molar-refractivity contribution < 1.29 is 4.79 Å². The summed E-state index contributed by atoms with van der Waals surface area (Å²) in [4.78, 5) is 17.4. The summed E-state index contributed by atoms with van der Waals surface area (Å²) in [6.07, 6.45) is 8.51. The normalized spacial score (nSPS) is 30.4. The lowest BCUT2D eigenvalue weighted by Gasteiger charge is -2.56. The van der Waals surface area contributed by atoms with Gasteiger partial charge in [-0.15, -0.1) is 0 Å². The van der Waals surface area contributed by atoms with Crippen LogP contribution in [0.5, 0.6) is 0 Å². The number of carbonyl (C=O) groups excluding carboxylic acids is 1. The Hall–Kier alpha value is -2.01. The Balaban J connectivity index is 1.25. The van der Waals surface area contributed by atoms with E-state index in [4.69, 9.17) is 12.2 Å². The molecule has 1 aromatic heterocycles. The van der Waals surface area contributed by atoms with Crippen molar-refractivity contribution in [1.29, 1.82) is 0 Å². The largest absolute Gasteiger partial charge is 0.331 e. The summed E-state index contributed by atoms with van der Waals surface area (Å²) in [5.74, 6) is 2.63. The second kappa shape index (κ2) is 6.80. The maximum Gasteiger partial charge on any atom is 0.226 e. The highest BCUT2D eigenvalue weighted by Crippen LogP contribution is 2.61. The Bertz CT molecular complexity index is 919. The first kappa shape index (κ1) is 18.0. The van der Waals surface area contributed by atoms with Crippen LogP contribution in [-0.2, 0) is 4.79 Å². The molecule has 1 aromatic carbocycles. The lowest BCUT2D eigenvalue weighted by Crippen LogP contribution is -2.48. The molecule has 4 bridgehead atoms. The van der Waals surface area contributed by atoms with Crippen LogP contribution < -0.4 is 10.6 Å². The zero-order valence-corrected chi connectivity index (χ0v) is 17.1. The highest BCUT2D eigenvalue weighted by molar-refractivity contribution is 7.80. The number of hydrogen-bond donors (Lipinski definition) is 2. The van der Waals surface area contributed by atoms with Crippen LogP contribution in [0.2, 0.25) is 0 Å². The van der Waals surface area contributed by atoms with Crippen LogP contribution >= 0.6 is 12.2 Å². The van der Waals surface area contributed by atoms with Crippen LogP contribution in [0.3, 0.4) is 0 Å². The number of anilines is 1. The third kappa shape index (κ3) is 3.41. The van der Waals surface area contributed by atoms with E-state index < -0.39 is 0 Å². The van der Waals surface area contributed by atoms with E-state index in [2.05, 4.69) is 21.7 Å². The monoisotopic (exact) mass is 393 g/mol. The van der Waals surface area contributed by atoms with Gasteiger partial charge in [0, 0.05) is 17.5 Å². The molecule has 5 heteroatoms. The van der Waals surface area contributed by atoms with E-state index in [0.717, 1.165) is 40.0 Å². The predicted molar refractivity (Wildman–Crippen MR) is 116 cm³/mol. The molecule has 0 aliphatic heterocycles. The Morgan fingerprint density at radius 1 is 1.11 bits per heavy atom. The molecule has 4 fully saturated rings. The van der Waals surface area contributed by atoms with Crippen molar-refractivity contribution in [1.82, 2.24) is 10.3 Å². The fraction of sp³-hybridized carbons (Fsp3) is 0.522. The number of rotatable bonds is 3. The molecule has 4 nitrogen and oxygen atoms in total. The van der Waals surface area contributed by atoms with Gasteiger partial charge in [0.2, 0.25) is 5.91 Å². The van der Waals surface area contributed by atoms with E-state index in [1.54, 1.807) is 0 Å². The number of hydrogen-bond acceptors (Lipinski definition) is 3. The van der Waals surface area contributed by atoms with Gasteiger partial charge in [0.1, 0.15) is 0 Å². The average Bonchev–Trinajstić information content (AvgIpc) is 2.60. The fourth-order valence-corrected chi connectivity index (χ4v) is 6.74. The van der Waals surface area contributed by atoms with Crippen LogP contribution in [0.4, 0.5) is 5.69 Å². The maximum atomic E-state index is 12.8. The van der Waals surface area contributed by atoms with Crippen LogP contribution in [0.25, 0.3) is 10.9 Å². The fourth-order valence-electron chi connectivity index (χ4n) is 6.52. The third-order valence-electron chi connectivity index (χ3n) is 7.06. The van der Waals surface area contributed by atoms with Crippen molar-refractivity contribution in [3.8, 4) is 0 Å². The van der Waals surface area contributed by atoms with Gasteiger partial charge in [-0.2, -0.15) is 0 Å². The summed E-state index contributed by atoms with van der Waals surface area (Å²) >= 11 is 5.45. The van der Waals surface area contributed by atoms with Crippen molar-refractivity contribution in [3.63, 3.8) is 0 Å². The molecule has 2 N–H and O–H groups in total. The van der Waals surface area contributed by atoms with Gasteiger partial charge >= 0.3 is 0 Å². The molecule has 4 aliphatic carbocycles. The Morgan fingerprint density at radius 2 is 1.79 bits per heavy atom. The average molecular weight is 394 g/mol. The van der Waals surface area contributed by atoms with E-state index in [9.17, 15) is 4.79 Å². The molecule has 0 unspecified atom stereocenters. The van der Waals surface area contributed by atoms with Crippen molar-refractivity contribution in [2.24, 2.45) is 23.2 Å². The number of nitrogens with one attached hydrogen (secondary N) is 2. The molecule has 2 aromatic rings. The number of aromatic nitrogens is 1. The molecule has 0 saturated heterocycles. The maximum absolute atomic E-state index is 12.8. The van der Waals surface area contributed by atoms with Gasteiger partial charge in [0.15, 0.2) is 5.11 Å². The summed E-state index contributed by atoms with van der Waals surface area (Å²) in [6.45, 7) is 1.97. The highest BCUT2D eigenvalue weighted by atomic mass is 32.1. The van der Waals surface area contributed by atoms with Crippen molar-refractivity contribution in [3.05, 3.63) is 36.0 Å². The van der Waals surface area contributed by atoms with Gasteiger partial charge in [-0.3, -0.25) is 9.78 Å². The van der Waals surface area contributed by atoms with Crippen molar-refractivity contribution >= 4 is 39.8 Å². The lowest BCUT2D eigenvalue weighted by atomic mass is 9.49. The van der Waals surface area contributed by atoms with Gasteiger partial charge in [0.25, 0.3) is 0 Å². The Labute approximate surface area is 171 Å². The van der Waals surface area contributed by atoms with Crippen LogP contribution in [-0.4, -0.2) is 16.0 Å². The molecule has 0 spiro atoms. The second-order valence-electron chi connectivity index (χ2n) is 9.43. The first-order chi connectivity index (χ1) is 13.5. The Morgan fingerprint density at radius 3 is 2.46 bits per heavy atom. The first-order valence-corrected chi connectivity index (χ1v) is 10.9. The molecule has 28 heavy (non-hydrogen) atoms. The summed E-state index contributed by atoms with van der Waals surface area (Å²) in [6, 6.07) is 10.0. The van der Waals surface area contributed by atoms with Crippen molar-refractivity contribution in [2.75, 3.05) is 5.32 Å². The van der Waals surface area contributed by atoms with Gasteiger partial charge in [0.05, 0.1) is 11.2 Å². The number of carbonyl (C=O) groups is 1. The zero-order chi connectivity index (χ0) is 19.3. The number of thiocarbonyl (C=S) groups is 1. The molecule has 1 heterocycles. The number of benzene rings is 1. The summed E-state index contributed by atoms with van der Waals surface area (Å²) in [5.41, 5.74) is 2.90. The van der Waals surface area contributed by atoms with Gasteiger partial charge in [-0.25, -0.2) is 0 Å². The molecule has 0 radical (unpaired) electrons. The van der Waals surface area contributed by atoms with E-state index in [0.29, 0.717) is 11.5 Å². The number of aryl methyl sites for hydroxylation is 1. The van der Waals surface area contributed by atoms with E-state index in [1.165, 1.54) is 38.5 Å². The minimum atomic E-state index is 0.0591. The molecule has 4 aliphatic rings. The summed E-state index contributed by atoms with van der Waals surface area (Å²) in [7, 11) is 0. The van der Waals surface area contributed by atoms with Gasteiger partial charge in [-0.05, 0) is 93.0 Å². The van der Waals surface area contributed by atoms with E-state index in [-0.39, 0.29) is 11.3 Å². The molecular formula is C23H27N3OS. The SMILES string of the molecule is Cc1ccc2cccc(NC(=S)NC(=O)CC34CC5CC(CC(C5)C3)C4)c2n1. The molecular weight excluding hydrogens is 366 g/mol.